The molecule has 0 unspecified atom stereocenters. The summed E-state index contributed by atoms with van der Waals surface area (Å²) in [7, 11) is 0. The van der Waals surface area contributed by atoms with Gasteiger partial charge in [-0.05, 0) is 36.6 Å². The van der Waals surface area contributed by atoms with Crippen molar-refractivity contribution in [2.45, 2.75) is 18.9 Å². The van der Waals surface area contributed by atoms with Crippen molar-refractivity contribution in [1.82, 2.24) is 20.3 Å². The maximum atomic E-state index is 14.0. The fourth-order valence-corrected chi connectivity index (χ4v) is 2.59. The Labute approximate surface area is 130 Å². The number of H-pyrrole nitrogens is 1. The van der Waals surface area contributed by atoms with E-state index in [-0.39, 0.29) is 17.5 Å². The second-order valence-electron chi connectivity index (χ2n) is 5.66. The van der Waals surface area contributed by atoms with Crippen molar-refractivity contribution in [1.29, 1.82) is 0 Å². The number of amides is 1. The van der Waals surface area contributed by atoms with Crippen LogP contribution in [0.4, 0.5) is 10.2 Å². The van der Waals surface area contributed by atoms with Gasteiger partial charge in [-0.15, -0.1) is 0 Å². The highest BCUT2D eigenvalue weighted by Gasteiger charge is 2.24. The lowest BCUT2D eigenvalue weighted by Gasteiger charge is -2.07. The summed E-state index contributed by atoms with van der Waals surface area (Å²) in [4.78, 5) is 23.2. The van der Waals surface area contributed by atoms with Crippen molar-refractivity contribution in [2.24, 2.45) is 0 Å². The number of nitrogen functional groups attached to an aromatic ring is 1. The molecule has 6 nitrogen and oxygen atoms in total. The Hall–Kier alpha value is -2.96. The summed E-state index contributed by atoms with van der Waals surface area (Å²) in [5.74, 6) is -0.440. The highest BCUT2D eigenvalue weighted by atomic mass is 19.1. The second kappa shape index (κ2) is 5.05. The molecule has 0 saturated heterocycles. The quantitative estimate of drug-likeness (QED) is 0.691. The molecule has 1 amide bonds. The van der Waals surface area contributed by atoms with Gasteiger partial charge in [0.05, 0.1) is 5.39 Å². The van der Waals surface area contributed by atoms with Gasteiger partial charge in [0, 0.05) is 23.4 Å². The molecule has 1 aliphatic carbocycles. The minimum absolute atomic E-state index is 0.214. The molecule has 0 atom stereocenters. The van der Waals surface area contributed by atoms with Gasteiger partial charge in [-0.2, -0.15) is 0 Å². The van der Waals surface area contributed by atoms with E-state index in [9.17, 15) is 9.18 Å². The standard InChI is InChI=1S/C16H14FN5O/c17-10-4-8(3-9(5-10)16(23)22-11-1-2-11)12-6-19-15-13(12)14(18)20-7-21-15/h3-7,11H,1-2H2,(H,22,23)(H3,18,19,20,21). The highest BCUT2D eigenvalue weighted by Crippen LogP contribution is 2.31. The lowest BCUT2D eigenvalue weighted by atomic mass is 10.0. The SMILES string of the molecule is Nc1ncnc2[nH]cc(-c3cc(F)cc(C(=O)NC4CC4)c3)c12. The van der Waals surface area contributed by atoms with Crippen molar-refractivity contribution in [2.75, 3.05) is 5.73 Å². The maximum Gasteiger partial charge on any atom is 0.251 e. The largest absolute Gasteiger partial charge is 0.383 e. The van der Waals surface area contributed by atoms with Crippen molar-refractivity contribution in [3.63, 3.8) is 0 Å². The van der Waals surface area contributed by atoms with Crippen molar-refractivity contribution in [3.05, 3.63) is 42.1 Å². The summed E-state index contributed by atoms with van der Waals surface area (Å²) in [6.45, 7) is 0. The minimum atomic E-state index is -0.479. The second-order valence-corrected chi connectivity index (χ2v) is 5.66. The van der Waals surface area contributed by atoms with Crippen molar-refractivity contribution >= 4 is 22.8 Å². The van der Waals surface area contributed by atoms with E-state index in [1.807, 2.05) is 0 Å². The van der Waals surface area contributed by atoms with Crippen LogP contribution in [0.25, 0.3) is 22.2 Å². The van der Waals surface area contributed by atoms with Gasteiger partial charge in [0.1, 0.15) is 23.6 Å². The molecular weight excluding hydrogens is 297 g/mol. The first-order chi connectivity index (χ1) is 11.1. The minimum Gasteiger partial charge on any atom is -0.383 e. The molecule has 0 aliphatic heterocycles. The third-order valence-electron chi connectivity index (χ3n) is 3.88. The van der Waals surface area contributed by atoms with Crippen LogP contribution in [0.3, 0.4) is 0 Å². The Balaban J connectivity index is 1.81. The number of hydrogen-bond acceptors (Lipinski definition) is 4. The first-order valence-corrected chi connectivity index (χ1v) is 7.31. The molecule has 0 bridgehead atoms. The Bertz CT molecular complexity index is 916. The van der Waals surface area contributed by atoms with Crippen LogP contribution >= 0.6 is 0 Å². The number of rotatable bonds is 3. The fraction of sp³-hybridized carbons (Fsp3) is 0.188. The van der Waals surface area contributed by atoms with Gasteiger partial charge < -0.3 is 16.0 Å². The van der Waals surface area contributed by atoms with E-state index in [0.29, 0.717) is 28.0 Å². The molecule has 7 heteroatoms. The number of nitrogens with one attached hydrogen (secondary N) is 2. The molecular formula is C16H14FN5O. The Morgan fingerprint density at radius 3 is 2.91 bits per heavy atom. The molecule has 1 aromatic carbocycles. The van der Waals surface area contributed by atoms with Gasteiger partial charge in [0.2, 0.25) is 0 Å². The number of nitrogens with zero attached hydrogens (tertiary/aromatic N) is 2. The van der Waals surface area contributed by atoms with Gasteiger partial charge in [-0.3, -0.25) is 4.79 Å². The molecule has 2 heterocycles. The van der Waals surface area contributed by atoms with E-state index >= 15 is 0 Å². The normalized spacial score (nSPS) is 14.1. The summed E-state index contributed by atoms with van der Waals surface area (Å²) in [6, 6.07) is 4.46. The average Bonchev–Trinajstić information content (AvgIpc) is 3.22. The van der Waals surface area contributed by atoms with Gasteiger partial charge in [-0.25, -0.2) is 14.4 Å². The monoisotopic (exact) mass is 311 g/mol. The van der Waals surface area contributed by atoms with Gasteiger partial charge in [0.25, 0.3) is 5.91 Å². The van der Waals surface area contributed by atoms with Crippen molar-refractivity contribution in [3.8, 4) is 11.1 Å². The fourth-order valence-electron chi connectivity index (χ4n) is 2.59. The number of carbonyl (C=O) groups excluding carboxylic acids is 1. The number of nitrogens with two attached hydrogens (primary N) is 1. The number of aromatic nitrogens is 3. The number of carbonyl (C=O) groups is 1. The maximum absolute atomic E-state index is 14.0. The zero-order valence-corrected chi connectivity index (χ0v) is 12.1. The average molecular weight is 311 g/mol. The molecule has 1 fully saturated rings. The number of aromatic amines is 1. The number of benzene rings is 1. The van der Waals surface area contributed by atoms with Crippen LogP contribution in [0.5, 0.6) is 0 Å². The molecule has 116 valence electrons. The van der Waals surface area contributed by atoms with E-state index in [1.54, 1.807) is 12.3 Å². The van der Waals surface area contributed by atoms with Crippen LogP contribution in [-0.2, 0) is 0 Å². The van der Waals surface area contributed by atoms with E-state index in [1.165, 1.54) is 18.5 Å². The molecule has 3 aromatic rings. The Morgan fingerprint density at radius 1 is 1.30 bits per heavy atom. The van der Waals surface area contributed by atoms with Gasteiger partial charge in [0.15, 0.2) is 0 Å². The Kier molecular flexibility index (Phi) is 3.00. The Morgan fingerprint density at radius 2 is 2.13 bits per heavy atom. The zero-order valence-electron chi connectivity index (χ0n) is 12.1. The predicted molar refractivity (Wildman–Crippen MR) is 84.2 cm³/mol. The zero-order chi connectivity index (χ0) is 16.0. The van der Waals surface area contributed by atoms with Crippen molar-refractivity contribution < 1.29 is 9.18 Å². The molecule has 2 aromatic heterocycles. The summed E-state index contributed by atoms with van der Waals surface area (Å²) in [5.41, 5.74) is 7.98. The summed E-state index contributed by atoms with van der Waals surface area (Å²) < 4.78 is 14.0. The van der Waals surface area contributed by atoms with E-state index in [0.717, 1.165) is 12.8 Å². The van der Waals surface area contributed by atoms with E-state index in [4.69, 9.17) is 5.73 Å². The number of hydrogen-bond donors (Lipinski definition) is 3. The molecule has 1 aliphatic rings. The molecule has 1 saturated carbocycles. The number of anilines is 1. The van der Waals surface area contributed by atoms with Crippen LogP contribution in [0.15, 0.2) is 30.7 Å². The lowest BCUT2D eigenvalue weighted by Crippen LogP contribution is -2.25. The van der Waals surface area contributed by atoms with Crippen LogP contribution in [-0.4, -0.2) is 26.9 Å². The predicted octanol–water partition coefficient (Wildman–Crippen LogP) is 2.24. The number of fused-ring (bicyclic) bond motifs is 1. The van der Waals surface area contributed by atoms with E-state index < -0.39 is 5.82 Å². The molecule has 0 spiro atoms. The summed E-state index contributed by atoms with van der Waals surface area (Å²) in [5, 5.41) is 3.47. The topological polar surface area (TPSA) is 96.7 Å². The molecule has 4 N–H and O–H groups in total. The van der Waals surface area contributed by atoms with Crippen LogP contribution in [0.1, 0.15) is 23.2 Å². The third kappa shape index (κ3) is 2.50. The van der Waals surface area contributed by atoms with Crippen LogP contribution in [0.2, 0.25) is 0 Å². The lowest BCUT2D eigenvalue weighted by molar-refractivity contribution is 0.0950. The first kappa shape index (κ1) is 13.7. The van der Waals surface area contributed by atoms with Crippen LogP contribution < -0.4 is 11.1 Å². The molecule has 23 heavy (non-hydrogen) atoms. The molecule has 4 rings (SSSR count). The summed E-state index contributed by atoms with van der Waals surface area (Å²) in [6.07, 6.45) is 5.00. The number of halogens is 1. The van der Waals surface area contributed by atoms with Gasteiger partial charge >= 0.3 is 0 Å². The molecule has 0 radical (unpaired) electrons. The van der Waals surface area contributed by atoms with Crippen LogP contribution in [0, 0.1) is 5.82 Å². The highest BCUT2D eigenvalue weighted by molar-refractivity contribution is 6.02. The van der Waals surface area contributed by atoms with Gasteiger partial charge in [-0.1, -0.05) is 0 Å². The smallest absolute Gasteiger partial charge is 0.251 e. The summed E-state index contributed by atoms with van der Waals surface area (Å²) >= 11 is 0. The first-order valence-electron chi connectivity index (χ1n) is 7.31. The third-order valence-corrected chi connectivity index (χ3v) is 3.88. The van der Waals surface area contributed by atoms with E-state index in [2.05, 4.69) is 20.3 Å².